The predicted octanol–water partition coefficient (Wildman–Crippen LogP) is 2.47. The Labute approximate surface area is 112 Å². The Morgan fingerprint density at radius 3 is 2.78 bits per heavy atom. The van der Waals surface area contributed by atoms with Crippen molar-refractivity contribution in [1.82, 2.24) is 4.31 Å². The van der Waals surface area contributed by atoms with Crippen molar-refractivity contribution in [3.05, 3.63) is 30.1 Å². The largest absolute Gasteiger partial charge is 0.245 e. The summed E-state index contributed by atoms with van der Waals surface area (Å²) in [6, 6.07) is 5.48. The molecule has 0 bridgehead atoms. The van der Waals surface area contributed by atoms with Gasteiger partial charge in [0, 0.05) is 19.0 Å². The van der Waals surface area contributed by atoms with Crippen molar-refractivity contribution in [2.75, 3.05) is 19.0 Å². The Kier molecular flexibility index (Phi) is 4.25. The van der Waals surface area contributed by atoms with E-state index in [1.165, 1.54) is 28.6 Å². The summed E-state index contributed by atoms with van der Waals surface area (Å²) in [7, 11) is -3.71. The van der Waals surface area contributed by atoms with E-state index in [4.69, 9.17) is 11.6 Å². The summed E-state index contributed by atoms with van der Waals surface area (Å²) in [5.74, 6) is 0.112. The molecule has 6 heteroatoms. The third-order valence-corrected chi connectivity index (χ3v) is 5.34. The van der Waals surface area contributed by atoms with Gasteiger partial charge in [0.1, 0.15) is 10.7 Å². The Morgan fingerprint density at radius 1 is 1.39 bits per heavy atom. The normalized spacial score (nSPS) is 21.3. The molecule has 1 atom stereocenters. The number of halogens is 2. The smallest absolute Gasteiger partial charge is 0.207 e. The van der Waals surface area contributed by atoms with Gasteiger partial charge in [-0.15, -0.1) is 11.6 Å². The van der Waals surface area contributed by atoms with E-state index >= 15 is 0 Å². The van der Waals surface area contributed by atoms with Gasteiger partial charge in [0.05, 0.1) is 0 Å². The van der Waals surface area contributed by atoms with Crippen molar-refractivity contribution in [3.8, 4) is 0 Å². The molecule has 1 aromatic carbocycles. The minimum atomic E-state index is -3.71. The fourth-order valence-electron chi connectivity index (χ4n) is 2.20. The van der Waals surface area contributed by atoms with Crippen molar-refractivity contribution in [3.63, 3.8) is 0 Å². The van der Waals surface area contributed by atoms with Gasteiger partial charge < -0.3 is 0 Å². The van der Waals surface area contributed by atoms with Gasteiger partial charge >= 0.3 is 0 Å². The first-order valence-corrected chi connectivity index (χ1v) is 7.84. The number of hydrogen-bond acceptors (Lipinski definition) is 2. The van der Waals surface area contributed by atoms with Crippen LogP contribution in [0.15, 0.2) is 29.2 Å². The summed E-state index contributed by atoms with van der Waals surface area (Å²) in [5, 5.41) is 0. The number of sulfonamides is 1. The SMILES string of the molecule is O=S(=O)(c1ccccc1F)N1CCC(CCCl)C1. The molecule has 1 unspecified atom stereocenters. The first-order chi connectivity index (χ1) is 8.55. The number of rotatable bonds is 4. The van der Waals surface area contributed by atoms with Crippen molar-refractivity contribution in [2.45, 2.75) is 17.7 Å². The highest BCUT2D eigenvalue weighted by atomic mass is 35.5. The van der Waals surface area contributed by atoms with E-state index in [1.807, 2.05) is 0 Å². The van der Waals surface area contributed by atoms with E-state index in [1.54, 1.807) is 0 Å². The first-order valence-electron chi connectivity index (χ1n) is 5.86. The second-order valence-electron chi connectivity index (χ2n) is 4.43. The van der Waals surface area contributed by atoms with Crippen LogP contribution < -0.4 is 0 Å². The molecule has 0 radical (unpaired) electrons. The third-order valence-electron chi connectivity index (χ3n) is 3.22. The van der Waals surface area contributed by atoms with E-state index in [-0.39, 0.29) is 10.8 Å². The van der Waals surface area contributed by atoms with Gasteiger partial charge in [-0.3, -0.25) is 0 Å². The Hall–Kier alpha value is -0.650. The lowest BCUT2D eigenvalue weighted by atomic mass is 10.1. The molecule has 2 rings (SSSR count). The zero-order valence-corrected chi connectivity index (χ0v) is 11.4. The quantitative estimate of drug-likeness (QED) is 0.799. The van der Waals surface area contributed by atoms with E-state index < -0.39 is 15.8 Å². The highest BCUT2D eigenvalue weighted by Crippen LogP contribution is 2.27. The highest BCUT2D eigenvalue weighted by Gasteiger charge is 2.33. The zero-order valence-electron chi connectivity index (χ0n) is 9.85. The van der Waals surface area contributed by atoms with Crippen LogP contribution in [0.4, 0.5) is 4.39 Å². The molecule has 1 saturated heterocycles. The topological polar surface area (TPSA) is 37.4 Å². The summed E-state index contributed by atoms with van der Waals surface area (Å²) in [5.41, 5.74) is 0. The van der Waals surface area contributed by atoms with Crippen LogP contribution in [-0.2, 0) is 10.0 Å². The highest BCUT2D eigenvalue weighted by molar-refractivity contribution is 7.89. The molecule has 1 aliphatic rings. The van der Waals surface area contributed by atoms with Crippen molar-refractivity contribution >= 4 is 21.6 Å². The molecule has 1 heterocycles. The van der Waals surface area contributed by atoms with Crippen LogP contribution in [0, 0.1) is 11.7 Å². The number of benzene rings is 1. The number of hydrogen-bond donors (Lipinski definition) is 0. The molecule has 0 saturated carbocycles. The fraction of sp³-hybridized carbons (Fsp3) is 0.500. The monoisotopic (exact) mass is 291 g/mol. The lowest BCUT2D eigenvalue weighted by Crippen LogP contribution is -2.29. The van der Waals surface area contributed by atoms with E-state index in [9.17, 15) is 12.8 Å². The molecular formula is C12H15ClFNO2S. The Morgan fingerprint density at radius 2 is 2.11 bits per heavy atom. The van der Waals surface area contributed by atoms with E-state index in [0.717, 1.165) is 12.8 Å². The predicted molar refractivity (Wildman–Crippen MR) is 68.6 cm³/mol. The minimum absolute atomic E-state index is 0.239. The molecule has 100 valence electrons. The van der Waals surface area contributed by atoms with Gasteiger partial charge in [-0.25, -0.2) is 12.8 Å². The molecule has 1 fully saturated rings. The van der Waals surface area contributed by atoms with Gasteiger partial charge in [-0.2, -0.15) is 4.31 Å². The van der Waals surface area contributed by atoms with Gasteiger partial charge in [0.15, 0.2) is 0 Å². The maximum absolute atomic E-state index is 13.6. The van der Waals surface area contributed by atoms with Crippen LogP contribution in [0.1, 0.15) is 12.8 Å². The molecule has 3 nitrogen and oxygen atoms in total. The van der Waals surface area contributed by atoms with Gasteiger partial charge in [0.2, 0.25) is 10.0 Å². The molecule has 1 aromatic rings. The lowest BCUT2D eigenvalue weighted by molar-refractivity contribution is 0.448. The first kappa shape index (κ1) is 13.8. The van der Waals surface area contributed by atoms with E-state index in [2.05, 4.69) is 0 Å². The molecule has 0 spiro atoms. The molecular weight excluding hydrogens is 277 g/mol. The molecule has 0 aromatic heterocycles. The number of alkyl halides is 1. The molecule has 0 N–H and O–H groups in total. The average molecular weight is 292 g/mol. The van der Waals surface area contributed by atoms with Crippen molar-refractivity contribution in [1.29, 1.82) is 0 Å². The Balaban J connectivity index is 2.21. The van der Waals surface area contributed by atoms with E-state index in [0.29, 0.717) is 19.0 Å². The maximum atomic E-state index is 13.6. The van der Waals surface area contributed by atoms with Crippen LogP contribution in [-0.4, -0.2) is 31.7 Å². The maximum Gasteiger partial charge on any atom is 0.245 e. The standard InChI is InChI=1S/C12H15ClFNO2S/c13-7-5-10-6-8-15(9-10)18(16,17)12-4-2-1-3-11(12)14/h1-4,10H,5-9H2. The summed E-state index contributed by atoms with van der Waals surface area (Å²) in [6.07, 6.45) is 1.59. The lowest BCUT2D eigenvalue weighted by Gasteiger charge is -2.16. The average Bonchev–Trinajstić information content (AvgIpc) is 2.79. The summed E-state index contributed by atoms with van der Waals surface area (Å²) >= 11 is 5.66. The van der Waals surface area contributed by atoms with Crippen molar-refractivity contribution in [2.24, 2.45) is 5.92 Å². The number of nitrogens with zero attached hydrogens (tertiary/aromatic N) is 1. The zero-order chi connectivity index (χ0) is 13.2. The van der Waals surface area contributed by atoms with Crippen LogP contribution in [0.3, 0.4) is 0 Å². The van der Waals surface area contributed by atoms with Crippen LogP contribution >= 0.6 is 11.6 Å². The van der Waals surface area contributed by atoms with Crippen molar-refractivity contribution < 1.29 is 12.8 Å². The van der Waals surface area contributed by atoms with Crippen LogP contribution in [0.2, 0.25) is 0 Å². The summed E-state index contributed by atoms with van der Waals surface area (Å²) in [4.78, 5) is -0.239. The molecule has 1 aliphatic heterocycles. The van der Waals surface area contributed by atoms with Gasteiger partial charge in [0.25, 0.3) is 0 Å². The second kappa shape index (κ2) is 5.55. The second-order valence-corrected chi connectivity index (χ2v) is 6.71. The fourth-order valence-corrected chi connectivity index (χ4v) is 4.10. The van der Waals surface area contributed by atoms with Gasteiger partial charge in [-0.05, 0) is 30.9 Å². The summed E-state index contributed by atoms with van der Waals surface area (Å²) < 4.78 is 39.4. The third kappa shape index (κ3) is 2.68. The Bertz CT molecular complexity index is 521. The van der Waals surface area contributed by atoms with Crippen LogP contribution in [0.5, 0.6) is 0 Å². The molecule has 0 aliphatic carbocycles. The van der Waals surface area contributed by atoms with Gasteiger partial charge in [-0.1, -0.05) is 12.1 Å². The minimum Gasteiger partial charge on any atom is -0.207 e. The van der Waals surface area contributed by atoms with Crippen LogP contribution in [0.25, 0.3) is 0 Å². The molecule has 0 amide bonds. The summed E-state index contributed by atoms with van der Waals surface area (Å²) in [6.45, 7) is 0.877. The molecule has 18 heavy (non-hydrogen) atoms.